The quantitative estimate of drug-likeness (QED) is 0.880. The molecular weight excluding hydrogens is 242 g/mol. The van der Waals surface area contributed by atoms with Gasteiger partial charge in [-0.3, -0.25) is 4.90 Å². The Balaban J connectivity index is 1.96. The van der Waals surface area contributed by atoms with E-state index >= 15 is 0 Å². The van der Waals surface area contributed by atoms with Crippen molar-refractivity contribution >= 4 is 22.9 Å². The first-order valence-corrected chi connectivity index (χ1v) is 7.04. The number of hydrogen-bond acceptors (Lipinski definition) is 4. The van der Waals surface area contributed by atoms with Gasteiger partial charge in [0.2, 0.25) is 0 Å². The monoisotopic (exact) mass is 259 g/mol. The molecule has 1 saturated heterocycles. The van der Waals surface area contributed by atoms with E-state index in [9.17, 15) is 0 Å². The molecule has 0 bridgehead atoms. The zero-order valence-electron chi connectivity index (χ0n) is 9.58. The maximum absolute atomic E-state index is 5.86. The maximum atomic E-state index is 5.86. The standard InChI is InChI=1S/C11H18ClN3S/c1-2-5-15(9-3-4-13-6-9)8-10-7-14-11(12)16-10/h7,9,13H,2-6,8H2,1H3. The Labute approximate surface area is 106 Å². The molecule has 1 aromatic heterocycles. The highest BCUT2D eigenvalue weighted by atomic mass is 35.5. The number of aromatic nitrogens is 1. The van der Waals surface area contributed by atoms with Gasteiger partial charge in [-0.25, -0.2) is 4.98 Å². The predicted octanol–water partition coefficient (Wildman–Crippen LogP) is 2.37. The van der Waals surface area contributed by atoms with Gasteiger partial charge in [0.1, 0.15) is 0 Å². The number of rotatable bonds is 5. The molecule has 0 aromatic carbocycles. The van der Waals surface area contributed by atoms with Crippen molar-refractivity contribution in [3.8, 4) is 0 Å². The molecule has 16 heavy (non-hydrogen) atoms. The highest BCUT2D eigenvalue weighted by Crippen LogP contribution is 2.21. The third kappa shape index (κ3) is 3.17. The first-order chi connectivity index (χ1) is 7.79. The molecule has 0 radical (unpaired) electrons. The van der Waals surface area contributed by atoms with E-state index in [0.717, 1.165) is 26.2 Å². The zero-order chi connectivity index (χ0) is 11.4. The molecule has 1 aliphatic rings. The van der Waals surface area contributed by atoms with E-state index in [0.29, 0.717) is 10.5 Å². The minimum Gasteiger partial charge on any atom is -0.315 e. The molecule has 1 aliphatic heterocycles. The van der Waals surface area contributed by atoms with Gasteiger partial charge in [0, 0.05) is 30.2 Å². The predicted molar refractivity (Wildman–Crippen MR) is 69.1 cm³/mol. The van der Waals surface area contributed by atoms with Crippen LogP contribution >= 0.6 is 22.9 Å². The van der Waals surface area contributed by atoms with Crippen LogP contribution in [0.2, 0.25) is 4.47 Å². The van der Waals surface area contributed by atoms with Crippen molar-refractivity contribution in [1.29, 1.82) is 0 Å². The molecule has 90 valence electrons. The third-order valence-corrected chi connectivity index (χ3v) is 4.05. The van der Waals surface area contributed by atoms with Crippen molar-refractivity contribution in [2.24, 2.45) is 0 Å². The minimum atomic E-state index is 0.649. The molecule has 5 heteroatoms. The molecule has 1 N–H and O–H groups in total. The Kier molecular flexibility index (Phi) is 4.58. The summed E-state index contributed by atoms with van der Waals surface area (Å²) < 4.78 is 0.649. The van der Waals surface area contributed by atoms with Crippen LogP contribution in [-0.4, -0.2) is 35.6 Å². The lowest BCUT2D eigenvalue weighted by Crippen LogP contribution is -2.36. The van der Waals surface area contributed by atoms with Crippen LogP contribution in [0, 0.1) is 0 Å². The fraction of sp³-hybridized carbons (Fsp3) is 0.727. The normalized spacial score (nSPS) is 20.8. The highest BCUT2D eigenvalue weighted by Gasteiger charge is 2.22. The van der Waals surface area contributed by atoms with Crippen LogP contribution in [0.5, 0.6) is 0 Å². The number of nitrogens with zero attached hydrogens (tertiary/aromatic N) is 2. The van der Waals surface area contributed by atoms with E-state index in [1.54, 1.807) is 11.3 Å². The first-order valence-electron chi connectivity index (χ1n) is 5.84. The number of halogens is 1. The van der Waals surface area contributed by atoms with Crippen LogP contribution in [0.25, 0.3) is 0 Å². The molecule has 2 rings (SSSR count). The SMILES string of the molecule is CCCN(Cc1cnc(Cl)s1)C1CCNC1. The highest BCUT2D eigenvalue weighted by molar-refractivity contribution is 7.15. The second-order valence-electron chi connectivity index (χ2n) is 4.20. The molecule has 0 aliphatic carbocycles. The lowest BCUT2D eigenvalue weighted by molar-refractivity contribution is 0.201. The summed E-state index contributed by atoms with van der Waals surface area (Å²) in [5.41, 5.74) is 0. The van der Waals surface area contributed by atoms with Crippen LogP contribution < -0.4 is 5.32 Å². The molecule has 0 saturated carbocycles. The molecule has 1 fully saturated rings. The Hall–Kier alpha value is -0.160. The molecule has 1 atom stereocenters. The van der Waals surface area contributed by atoms with Crippen molar-refractivity contribution in [2.75, 3.05) is 19.6 Å². The summed E-state index contributed by atoms with van der Waals surface area (Å²) in [5.74, 6) is 0. The first kappa shape index (κ1) is 12.3. The summed E-state index contributed by atoms with van der Waals surface area (Å²) in [7, 11) is 0. The molecule has 1 aromatic rings. The molecule has 3 nitrogen and oxygen atoms in total. The Morgan fingerprint density at radius 3 is 3.12 bits per heavy atom. The van der Waals surface area contributed by atoms with Gasteiger partial charge in [-0.1, -0.05) is 18.5 Å². The van der Waals surface area contributed by atoms with Crippen LogP contribution in [0.1, 0.15) is 24.6 Å². The average Bonchev–Trinajstić information content (AvgIpc) is 2.88. The largest absolute Gasteiger partial charge is 0.315 e. The van der Waals surface area contributed by atoms with E-state index in [1.807, 2.05) is 6.20 Å². The Morgan fingerprint density at radius 2 is 2.56 bits per heavy atom. The summed E-state index contributed by atoms with van der Waals surface area (Å²) in [4.78, 5) is 7.91. The summed E-state index contributed by atoms with van der Waals surface area (Å²) in [5, 5.41) is 3.42. The topological polar surface area (TPSA) is 28.2 Å². The number of nitrogens with one attached hydrogen (secondary N) is 1. The average molecular weight is 260 g/mol. The van der Waals surface area contributed by atoms with Gasteiger partial charge in [-0.15, -0.1) is 11.3 Å². The molecule has 1 unspecified atom stereocenters. The molecule has 0 amide bonds. The summed E-state index contributed by atoms with van der Waals surface area (Å²) in [6.45, 7) is 6.64. The lowest BCUT2D eigenvalue weighted by atomic mass is 10.2. The fourth-order valence-corrected chi connectivity index (χ4v) is 3.19. The van der Waals surface area contributed by atoms with E-state index in [4.69, 9.17) is 11.6 Å². The third-order valence-electron chi connectivity index (χ3n) is 2.95. The smallest absolute Gasteiger partial charge is 0.183 e. The number of hydrogen-bond donors (Lipinski definition) is 1. The van der Waals surface area contributed by atoms with Crippen molar-refractivity contribution < 1.29 is 0 Å². The van der Waals surface area contributed by atoms with Crippen LogP contribution in [0.15, 0.2) is 6.20 Å². The van der Waals surface area contributed by atoms with Gasteiger partial charge in [-0.05, 0) is 25.9 Å². The van der Waals surface area contributed by atoms with Crippen LogP contribution in [0.3, 0.4) is 0 Å². The van der Waals surface area contributed by atoms with E-state index < -0.39 is 0 Å². The summed E-state index contributed by atoms with van der Waals surface area (Å²) in [6.07, 6.45) is 4.35. The van der Waals surface area contributed by atoms with E-state index in [1.165, 1.54) is 17.7 Å². The molecular formula is C11H18ClN3S. The minimum absolute atomic E-state index is 0.649. The van der Waals surface area contributed by atoms with Gasteiger partial charge in [0.25, 0.3) is 0 Å². The van der Waals surface area contributed by atoms with Gasteiger partial charge < -0.3 is 5.32 Å². The van der Waals surface area contributed by atoms with Gasteiger partial charge in [0.05, 0.1) is 0 Å². The van der Waals surface area contributed by atoms with Gasteiger partial charge in [0.15, 0.2) is 4.47 Å². The zero-order valence-corrected chi connectivity index (χ0v) is 11.2. The fourth-order valence-electron chi connectivity index (χ4n) is 2.19. The van der Waals surface area contributed by atoms with Gasteiger partial charge in [-0.2, -0.15) is 0 Å². The summed E-state index contributed by atoms with van der Waals surface area (Å²) in [6, 6.07) is 0.681. The van der Waals surface area contributed by atoms with Crippen molar-refractivity contribution in [2.45, 2.75) is 32.4 Å². The second kappa shape index (κ2) is 5.96. The molecule has 0 spiro atoms. The van der Waals surface area contributed by atoms with Crippen LogP contribution in [0.4, 0.5) is 0 Å². The van der Waals surface area contributed by atoms with Crippen LogP contribution in [-0.2, 0) is 6.54 Å². The Bertz CT molecular complexity index is 323. The van der Waals surface area contributed by atoms with Crippen molar-refractivity contribution in [3.63, 3.8) is 0 Å². The second-order valence-corrected chi connectivity index (χ2v) is 5.89. The Morgan fingerprint density at radius 1 is 1.69 bits per heavy atom. The van der Waals surface area contributed by atoms with E-state index in [2.05, 4.69) is 22.1 Å². The van der Waals surface area contributed by atoms with E-state index in [-0.39, 0.29) is 0 Å². The van der Waals surface area contributed by atoms with Crippen molar-refractivity contribution in [3.05, 3.63) is 15.5 Å². The van der Waals surface area contributed by atoms with Gasteiger partial charge >= 0.3 is 0 Å². The maximum Gasteiger partial charge on any atom is 0.183 e. The number of thiazole rings is 1. The lowest BCUT2D eigenvalue weighted by Gasteiger charge is -2.27. The van der Waals surface area contributed by atoms with Crippen molar-refractivity contribution in [1.82, 2.24) is 15.2 Å². The molecule has 2 heterocycles. The summed E-state index contributed by atoms with van der Waals surface area (Å²) >= 11 is 7.45.